The van der Waals surface area contributed by atoms with E-state index < -0.39 is 0 Å². The van der Waals surface area contributed by atoms with Gasteiger partial charge < -0.3 is 5.32 Å². The average molecular weight is 247 g/mol. The Bertz CT molecular complexity index is 392. The van der Waals surface area contributed by atoms with Crippen LogP contribution >= 0.6 is 0 Å². The summed E-state index contributed by atoms with van der Waals surface area (Å²) in [7, 11) is 0. The van der Waals surface area contributed by atoms with E-state index in [0.717, 1.165) is 11.8 Å². The summed E-state index contributed by atoms with van der Waals surface area (Å²) in [6, 6.07) is 8.05. The third-order valence-electron chi connectivity index (χ3n) is 4.17. The van der Waals surface area contributed by atoms with Crippen LogP contribution in [0.3, 0.4) is 0 Å². The molecule has 2 unspecified atom stereocenters. The molecule has 0 bridgehead atoms. The Morgan fingerprint density at radius 3 is 2.39 bits per heavy atom. The fraction of sp³-hybridized carbons (Fsp3) is 0.625. The van der Waals surface area contributed by atoms with Crippen LogP contribution in [0.5, 0.6) is 0 Å². The second kappa shape index (κ2) is 5.00. The van der Waals surface area contributed by atoms with Gasteiger partial charge in [-0.1, -0.05) is 25.0 Å². The van der Waals surface area contributed by atoms with Gasteiger partial charge in [0.1, 0.15) is 5.82 Å². The topological polar surface area (TPSA) is 12.0 Å². The molecule has 0 saturated heterocycles. The summed E-state index contributed by atoms with van der Waals surface area (Å²) >= 11 is 0. The maximum atomic E-state index is 13.0. The largest absolute Gasteiger partial charge is 0.307 e. The van der Waals surface area contributed by atoms with Crippen molar-refractivity contribution in [2.75, 3.05) is 0 Å². The van der Waals surface area contributed by atoms with E-state index in [4.69, 9.17) is 0 Å². The summed E-state index contributed by atoms with van der Waals surface area (Å²) in [6.07, 6.45) is 6.74. The highest BCUT2D eigenvalue weighted by Gasteiger charge is 2.34. The van der Waals surface area contributed by atoms with Crippen LogP contribution in [0, 0.1) is 17.7 Å². The van der Waals surface area contributed by atoms with Crippen molar-refractivity contribution < 1.29 is 4.39 Å². The van der Waals surface area contributed by atoms with Gasteiger partial charge in [-0.15, -0.1) is 0 Å². The van der Waals surface area contributed by atoms with Crippen LogP contribution in [0.15, 0.2) is 24.3 Å². The van der Waals surface area contributed by atoms with Gasteiger partial charge in [0, 0.05) is 12.1 Å². The molecule has 0 heterocycles. The fourth-order valence-electron chi connectivity index (χ4n) is 2.83. The zero-order valence-electron chi connectivity index (χ0n) is 11.0. The second-order valence-corrected chi connectivity index (χ2v) is 6.11. The molecular weight excluding hydrogens is 225 g/mol. The lowest BCUT2D eigenvalue weighted by atomic mass is 10.0. The van der Waals surface area contributed by atoms with Crippen molar-refractivity contribution in [3.05, 3.63) is 35.6 Å². The van der Waals surface area contributed by atoms with Crippen molar-refractivity contribution in [2.45, 2.75) is 51.1 Å². The molecular formula is C16H22FN. The van der Waals surface area contributed by atoms with Gasteiger partial charge in [-0.25, -0.2) is 4.39 Å². The van der Waals surface area contributed by atoms with Gasteiger partial charge in [0.25, 0.3) is 0 Å². The van der Waals surface area contributed by atoms with Crippen LogP contribution in [0.4, 0.5) is 4.39 Å². The Balaban J connectivity index is 1.65. The zero-order valence-corrected chi connectivity index (χ0v) is 11.0. The third-order valence-corrected chi connectivity index (χ3v) is 4.17. The average Bonchev–Trinajstić information content (AvgIpc) is 3.21. The first-order valence-corrected chi connectivity index (χ1v) is 7.24. The Morgan fingerprint density at radius 1 is 1.17 bits per heavy atom. The molecule has 3 rings (SSSR count). The van der Waals surface area contributed by atoms with Gasteiger partial charge in [0.2, 0.25) is 0 Å². The van der Waals surface area contributed by atoms with Crippen LogP contribution in [0.25, 0.3) is 0 Å². The second-order valence-electron chi connectivity index (χ2n) is 6.11. The summed E-state index contributed by atoms with van der Waals surface area (Å²) in [5, 5.41) is 3.76. The van der Waals surface area contributed by atoms with E-state index in [9.17, 15) is 4.39 Å². The minimum Gasteiger partial charge on any atom is -0.307 e. The van der Waals surface area contributed by atoms with E-state index >= 15 is 0 Å². The predicted octanol–water partition coefficient (Wildman–Crippen LogP) is 4.06. The molecule has 0 radical (unpaired) electrons. The van der Waals surface area contributed by atoms with E-state index in [1.807, 2.05) is 12.1 Å². The molecule has 98 valence electrons. The van der Waals surface area contributed by atoms with Gasteiger partial charge in [-0.2, -0.15) is 0 Å². The Labute approximate surface area is 109 Å². The molecule has 0 aromatic heterocycles. The number of rotatable bonds is 6. The molecule has 2 aliphatic carbocycles. The van der Waals surface area contributed by atoms with E-state index in [-0.39, 0.29) is 5.82 Å². The lowest BCUT2D eigenvalue weighted by molar-refractivity contribution is 0.392. The molecule has 2 fully saturated rings. The smallest absolute Gasteiger partial charge is 0.123 e. The molecule has 1 aromatic carbocycles. The highest BCUT2D eigenvalue weighted by atomic mass is 19.1. The molecule has 2 atom stereocenters. The first-order valence-electron chi connectivity index (χ1n) is 7.24. The van der Waals surface area contributed by atoms with E-state index in [1.54, 1.807) is 12.1 Å². The van der Waals surface area contributed by atoms with Gasteiger partial charge in [-0.3, -0.25) is 0 Å². The van der Waals surface area contributed by atoms with Crippen LogP contribution < -0.4 is 5.32 Å². The van der Waals surface area contributed by atoms with Crippen LogP contribution in [-0.4, -0.2) is 6.04 Å². The van der Waals surface area contributed by atoms with Crippen molar-refractivity contribution in [1.82, 2.24) is 5.32 Å². The number of halogens is 1. The first-order chi connectivity index (χ1) is 8.72. The molecule has 1 N–H and O–H groups in total. The van der Waals surface area contributed by atoms with E-state index in [0.29, 0.717) is 12.1 Å². The zero-order chi connectivity index (χ0) is 12.5. The van der Waals surface area contributed by atoms with Crippen molar-refractivity contribution in [3.63, 3.8) is 0 Å². The summed E-state index contributed by atoms with van der Waals surface area (Å²) in [4.78, 5) is 0. The van der Waals surface area contributed by atoms with Crippen molar-refractivity contribution in [3.8, 4) is 0 Å². The normalized spacial score (nSPS) is 22.8. The lowest BCUT2D eigenvalue weighted by Crippen LogP contribution is -2.32. The van der Waals surface area contributed by atoms with Crippen molar-refractivity contribution >= 4 is 0 Å². The maximum Gasteiger partial charge on any atom is 0.123 e. The summed E-state index contributed by atoms with van der Waals surface area (Å²) in [6.45, 7) is 2.29. The van der Waals surface area contributed by atoms with Crippen molar-refractivity contribution in [1.29, 1.82) is 0 Å². The standard InChI is InChI=1S/C16H22FN/c1-11(10-12-2-3-12)18-16(13-4-5-13)14-6-8-15(17)9-7-14/h6-9,11-13,16,18H,2-5,10H2,1H3. The number of nitrogens with one attached hydrogen (secondary N) is 1. The van der Waals surface area contributed by atoms with Crippen LogP contribution in [0.1, 0.15) is 50.6 Å². The minimum atomic E-state index is -0.140. The first kappa shape index (κ1) is 12.2. The number of benzene rings is 1. The van der Waals surface area contributed by atoms with Gasteiger partial charge in [0.15, 0.2) is 0 Å². The van der Waals surface area contributed by atoms with Crippen LogP contribution in [0.2, 0.25) is 0 Å². The van der Waals surface area contributed by atoms with Crippen molar-refractivity contribution in [2.24, 2.45) is 11.8 Å². The Kier molecular flexibility index (Phi) is 3.38. The van der Waals surface area contributed by atoms with E-state index in [2.05, 4.69) is 12.2 Å². The summed E-state index contributed by atoms with van der Waals surface area (Å²) < 4.78 is 13.0. The van der Waals surface area contributed by atoms with Crippen LogP contribution in [-0.2, 0) is 0 Å². The summed E-state index contributed by atoms with van der Waals surface area (Å²) in [5.74, 6) is 1.58. The van der Waals surface area contributed by atoms with Gasteiger partial charge in [-0.05, 0) is 55.7 Å². The molecule has 0 aliphatic heterocycles. The molecule has 0 spiro atoms. The quantitative estimate of drug-likeness (QED) is 0.799. The lowest BCUT2D eigenvalue weighted by Gasteiger charge is -2.24. The Hall–Kier alpha value is -0.890. The van der Waals surface area contributed by atoms with E-state index in [1.165, 1.54) is 37.7 Å². The highest BCUT2D eigenvalue weighted by Crippen LogP contribution is 2.42. The molecule has 2 saturated carbocycles. The molecule has 18 heavy (non-hydrogen) atoms. The third kappa shape index (κ3) is 3.11. The molecule has 2 aliphatic rings. The highest BCUT2D eigenvalue weighted by molar-refractivity contribution is 5.22. The monoisotopic (exact) mass is 247 g/mol. The fourth-order valence-corrected chi connectivity index (χ4v) is 2.83. The molecule has 0 amide bonds. The van der Waals surface area contributed by atoms with Gasteiger partial charge in [0.05, 0.1) is 0 Å². The maximum absolute atomic E-state index is 13.0. The SMILES string of the molecule is CC(CC1CC1)NC(c1ccc(F)cc1)C1CC1. The molecule has 1 nitrogen and oxygen atoms in total. The predicted molar refractivity (Wildman–Crippen MR) is 71.8 cm³/mol. The number of hydrogen-bond donors (Lipinski definition) is 1. The Morgan fingerprint density at radius 2 is 1.83 bits per heavy atom. The summed E-state index contributed by atoms with van der Waals surface area (Å²) in [5.41, 5.74) is 1.25. The van der Waals surface area contributed by atoms with Gasteiger partial charge >= 0.3 is 0 Å². The minimum absolute atomic E-state index is 0.140. The number of hydrogen-bond acceptors (Lipinski definition) is 1. The molecule has 2 heteroatoms. The molecule has 1 aromatic rings.